The summed E-state index contributed by atoms with van der Waals surface area (Å²) in [5.41, 5.74) is 0. The van der Waals surface area contributed by atoms with Crippen molar-refractivity contribution >= 4 is 0 Å². The summed E-state index contributed by atoms with van der Waals surface area (Å²) < 4.78 is 0. The van der Waals surface area contributed by atoms with E-state index in [1.807, 2.05) is 13.8 Å². The van der Waals surface area contributed by atoms with Crippen LogP contribution in [0.15, 0.2) is 0 Å². The SMILES string of the molecule is CCCCCCCCCCCCCCC(O)CNCCN(CCN(CC(C)O)CC(O)CCCCCCCCCCCCCC)CCN(CC(C)O)CC(O)CCCCCCCCCCCCCC. The van der Waals surface area contributed by atoms with Crippen LogP contribution in [0.2, 0.25) is 0 Å². The Kier molecular flexibility index (Phi) is 53.6. The molecule has 0 saturated carbocycles. The zero-order chi connectivity index (χ0) is 50.7. The van der Waals surface area contributed by atoms with Crippen LogP contribution in [0.25, 0.3) is 0 Å². The van der Waals surface area contributed by atoms with E-state index in [2.05, 4.69) is 40.8 Å². The van der Waals surface area contributed by atoms with Crippen LogP contribution < -0.4 is 5.32 Å². The first kappa shape index (κ1) is 68.6. The molecule has 0 aliphatic carbocycles. The lowest BCUT2D eigenvalue weighted by molar-refractivity contribution is 0.0553. The van der Waals surface area contributed by atoms with Gasteiger partial charge >= 0.3 is 0 Å². The summed E-state index contributed by atoms with van der Waals surface area (Å²) in [7, 11) is 0. The van der Waals surface area contributed by atoms with E-state index in [1.54, 1.807) is 0 Å². The van der Waals surface area contributed by atoms with Gasteiger partial charge in [-0.15, -0.1) is 0 Å². The number of nitrogens with zero attached hydrogens (tertiary/aromatic N) is 3. The minimum atomic E-state index is -0.473. The number of hydrogen-bond acceptors (Lipinski definition) is 9. The Morgan fingerprint density at radius 2 is 0.536 bits per heavy atom. The zero-order valence-corrected chi connectivity index (χ0v) is 47.3. The first-order chi connectivity index (χ1) is 33.6. The highest BCUT2D eigenvalue weighted by atomic mass is 16.3. The van der Waals surface area contributed by atoms with Gasteiger partial charge in [0, 0.05) is 72.0 Å². The molecule has 0 saturated heterocycles. The number of rotatable bonds is 58. The lowest BCUT2D eigenvalue weighted by Gasteiger charge is -2.32. The van der Waals surface area contributed by atoms with Crippen molar-refractivity contribution in [3.63, 3.8) is 0 Å². The molecular weight excluding hydrogens is 857 g/mol. The van der Waals surface area contributed by atoms with Gasteiger partial charge in [-0.3, -0.25) is 14.7 Å². The standard InChI is InChI=1S/C60H126N4O5/c1-6-9-12-15-18-21-24-27-30-33-36-39-42-58(67)51-61-45-46-62(47-49-63(52-56(4)65)54-59(68)43-40-37-34-31-28-25-22-19-16-13-10-7-2)48-50-64(53-57(5)66)55-60(69)44-41-38-35-32-29-26-23-20-17-14-11-8-3/h56-61,65-69H,6-55H2,1-5H3. The highest BCUT2D eigenvalue weighted by Gasteiger charge is 2.19. The smallest absolute Gasteiger partial charge is 0.0667 e. The van der Waals surface area contributed by atoms with Crippen molar-refractivity contribution in [2.75, 3.05) is 72.0 Å². The van der Waals surface area contributed by atoms with E-state index in [-0.39, 0.29) is 6.10 Å². The fourth-order valence-corrected chi connectivity index (χ4v) is 10.2. The second-order valence-corrected chi connectivity index (χ2v) is 22.3. The molecule has 0 aromatic heterocycles. The van der Waals surface area contributed by atoms with E-state index >= 15 is 0 Å². The topological polar surface area (TPSA) is 123 Å². The highest BCUT2D eigenvalue weighted by Crippen LogP contribution is 2.17. The molecule has 0 amide bonds. The molecule has 0 aliphatic heterocycles. The Balaban J connectivity index is 5.04. The van der Waals surface area contributed by atoms with Crippen molar-refractivity contribution in [2.45, 2.75) is 316 Å². The van der Waals surface area contributed by atoms with Gasteiger partial charge in [0.05, 0.1) is 30.5 Å². The summed E-state index contributed by atoms with van der Waals surface area (Å²) in [4.78, 5) is 6.92. The molecule has 0 heterocycles. The van der Waals surface area contributed by atoms with Gasteiger partial charge in [-0.2, -0.15) is 0 Å². The summed E-state index contributed by atoms with van der Waals surface area (Å²) in [5, 5.41) is 57.6. The van der Waals surface area contributed by atoms with E-state index < -0.39 is 24.4 Å². The maximum Gasteiger partial charge on any atom is 0.0667 e. The summed E-state index contributed by atoms with van der Waals surface area (Å²) in [6.45, 7) is 18.0. The largest absolute Gasteiger partial charge is 0.392 e. The molecule has 0 rings (SSSR count). The molecule has 5 unspecified atom stereocenters. The van der Waals surface area contributed by atoms with Gasteiger partial charge in [-0.1, -0.05) is 252 Å². The van der Waals surface area contributed by atoms with E-state index in [0.29, 0.717) is 32.7 Å². The second-order valence-electron chi connectivity index (χ2n) is 22.3. The summed E-state index contributed by atoms with van der Waals surface area (Å²) in [5.74, 6) is 0. The van der Waals surface area contributed by atoms with Crippen LogP contribution in [-0.4, -0.2) is 143 Å². The van der Waals surface area contributed by atoms with Crippen LogP contribution in [-0.2, 0) is 0 Å². The van der Waals surface area contributed by atoms with Crippen LogP contribution in [0.4, 0.5) is 0 Å². The molecule has 416 valence electrons. The van der Waals surface area contributed by atoms with E-state index in [0.717, 1.165) is 77.8 Å². The van der Waals surface area contributed by atoms with Gasteiger partial charge < -0.3 is 30.8 Å². The quantitative estimate of drug-likeness (QED) is 0.0331. The number of aliphatic hydroxyl groups is 5. The Hall–Kier alpha value is -0.360. The third-order valence-corrected chi connectivity index (χ3v) is 14.6. The molecule has 69 heavy (non-hydrogen) atoms. The van der Waals surface area contributed by atoms with Crippen molar-refractivity contribution in [1.29, 1.82) is 0 Å². The second kappa shape index (κ2) is 53.9. The summed E-state index contributed by atoms with van der Waals surface area (Å²) in [6, 6.07) is 0. The number of aliphatic hydroxyl groups excluding tert-OH is 5. The molecule has 9 nitrogen and oxygen atoms in total. The first-order valence-electron chi connectivity index (χ1n) is 30.9. The molecule has 0 fully saturated rings. The van der Waals surface area contributed by atoms with Crippen LogP contribution in [0.5, 0.6) is 0 Å². The van der Waals surface area contributed by atoms with Crippen LogP contribution in [0.3, 0.4) is 0 Å². The molecule has 0 bridgehead atoms. The predicted octanol–water partition coefficient (Wildman–Crippen LogP) is 13.6. The molecule has 0 radical (unpaired) electrons. The Morgan fingerprint density at radius 3 is 0.812 bits per heavy atom. The monoisotopic (exact) mass is 983 g/mol. The van der Waals surface area contributed by atoms with E-state index in [1.165, 1.54) is 212 Å². The van der Waals surface area contributed by atoms with Gasteiger partial charge in [0.1, 0.15) is 0 Å². The van der Waals surface area contributed by atoms with E-state index in [9.17, 15) is 25.5 Å². The fourth-order valence-electron chi connectivity index (χ4n) is 10.2. The molecule has 9 heteroatoms. The Bertz CT molecular complexity index is 924. The van der Waals surface area contributed by atoms with Crippen molar-refractivity contribution in [1.82, 2.24) is 20.0 Å². The third-order valence-electron chi connectivity index (χ3n) is 14.6. The first-order valence-corrected chi connectivity index (χ1v) is 30.9. The fraction of sp³-hybridized carbons (Fsp3) is 1.00. The normalized spacial score (nSPS) is 14.4. The third kappa shape index (κ3) is 52.3. The van der Waals surface area contributed by atoms with Gasteiger partial charge in [0.25, 0.3) is 0 Å². The molecule has 5 atom stereocenters. The van der Waals surface area contributed by atoms with Crippen LogP contribution >= 0.6 is 0 Å². The minimum Gasteiger partial charge on any atom is -0.392 e. The van der Waals surface area contributed by atoms with Gasteiger partial charge in [-0.25, -0.2) is 0 Å². The Morgan fingerprint density at radius 1 is 0.290 bits per heavy atom. The number of hydrogen-bond donors (Lipinski definition) is 6. The number of nitrogens with one attached hydrogen (secondary N) is 1. The van der Waals surface area contributed by atoms with Gasteiger partial charge in [-0.05, 0) is 33.1 Å². The highest BCUT2D eigenvalue weighted by molar-refractivity contribution is 4.74. The van der Waals surface area contributed by atoms with Crippen LogP contribution in [0.1, 0.15) is 285 Å². The lowest BCUT2D eigenvalue weighted by atomic mass is 10.0. The molecular formula is C60H126N4O5. The van der Waals surface area contributed by atoms with Crippen LogP contribution in [0, 0.1) is 0 Å². The predicted molar refractivity (Wildman–Crippen MR) is 301 cm³/mol. The maximum absolute atomic E-state index is 11.1. The molecule has 0 aliphatic rings. The summed E-state index contributed by atoms with van der Waals surface area (Å²) in [6.07, 6.45) is 47.7. The van der Waals surface area contributed by atoms with Crippen molar-refractivity contribution in [3.8, 4) is 0 Å². The molecule has 6 N–H and O–H groups in total. The van der Waals surface area contributed by atoms with Gasteiger partial charge in [0.2, 0.25) is 0 Å². The maximum atomic E-state index is 11.1. The number of unbranched alkanes of at least 4 members (excludes halogenated alkanes) is 33. The molecule has 0 aromatic rings. The lowest BCUT2D eigenvalue weighted by Crippen LogP contribution is -2.47. The van der Waals surface area contributed by atoms with E-state index in [4.69, 9.17) is 0 Å². The average Bonchev–Trinajstić information content (AvgIpc) is 3.31. The summed E-state index contributed by atoms with van der Waals surface area (Å²) >= 11 is 0. The van der Waals surface area contributed by atoms with Crippen molar-refractivity contribution in [3.05, 3.63) is 0 Å². The molecule has 0 spiro atoms. The molecule has 0 aromatic carbocycles. The van der Waals surface area contributed by atoms with Gasteiger partial charge in [0.15, 0.2) is 0 Å². The van der Waals surface area contributed by atoms with Crippen molar-refractivity contribution in [2.24, 2.45) is 0 Å². The minimum absolute atomic E-state index is 0.331. The van der Waals surface area contributed by atoms with Crippen molar-refractivity contribution < 1.29 is 25.5 Å². The average molecular weight is 984 g/mol. The Labute approximate surface area is 431 Å². The zero-order valence-electron chi connectivity index (χ0n) is 47.3.